The molecule has 0 heterocycles. The molecular formula is C18H39ClKNOS. The molecule has 2 nitrogen and oxygen atoms in total. The van der Waals surface area contributed by atoms with Crippen LogP contribution in [0.15, 0.2) is 0 Å². The van der Waals surface area contributed by atoms with E-state index in [-0.39, 0.29) is 68.9 Å². The number of quaternary nitrogens is 1. The van der Waals surface area contributed by atoms with Crippen LogP contribution in [0.25, 0.3) is 0 Å². The monoisotopic (exact) mass is 391 g/mol. The molecule has 5 heteroatoms. The number of halogens is 1. The Balaban J connectivity index is -0.000000268. The van der Waals surface area contributed by atoms with Crippen LogP contribution in [0.1, 0.15) is 86.0 Å². The zero-order valence-corrected chi connectivity index (χ0v) is 21.3. The minimum absolute atomic E-state index is 0. The third-order valence-electron chi connectivity index (χ3n) is 3.94. The van der Waals surface area contributed by atoms with Gasteiger partial charge in [0.05, 0.1) is 26.2 Å². The molecular weight excluding hydrogens is 353 g/mol. The maximum Gasteiger partial charge on any atom is 1.00 e. The van der Waals surface area contributed by atoms with Gasteiger partial charge in [0.2, 0.25) is 0 Å². The molecule has 0 saturated carbocycles. The fourth-order valence-corrected chi connectivity index (χ4v) is 2.64. The molecule has 0 bridgehead atoms. The molecule has 0 atom stereocenters. The van der Waals surface area contributed by atoms with Crippen molar-refractivity contribution in [3.05, 3.63) is 0 Å². The van der Waals surface area contributed by atoms with Crippen molar-refractivity contribution >= 4 is 17.7 Å². The van der Waals surface area contributed by atoms with Crippen LogP contribution >= 0.6 is 0 Å². The molecule has 23 heavy (non-hydrogen) atoms. The maximum absolute atomic E-state index is 9.26. The standard InChI is InChI=1S/C16H36N.C2H4OS.ClH.K/c1-5-9-13-17(14-10-6-2,15-11-7-3)16-12-8-4;1-2(3)4;;/h5-16H2,1-4H3;1H3,(H,3,4);1H;/q+1;;;+1/p-2. The first-order valence-electron chi connectivity index (χ1n) is 9.00. The van der Waals surface area contributed by atoms with Crippen LogP contribution in [0.4, 0.5) is 0 Å². The van der Waals surface area contributed by atoms with Crippen LogP contribution < -0.4 is 63.8 Å². The third-order valence-corrected chi connectivity index (χ3v) is 3.94. The van der Waals surface area contributed by atoms with E-state index in [1.807, 2.05) is 0 Å². The summed E-state index contributed by atoms with van der Waals surface area (Å²) >= 11 is 3.98. The summed E-state index contributed by atoms with van der Waals surface area (Å²) in [5.41, 5.74) is 0. The van der Waals surface area contributed by atoms with Crippen molar-refractivity contribution in [1.82, 2.24) is 0 Å². The maximum atomic E-state index is 9.26. The summed E-state index contributed by atoms with van der Waals surface area (Å²) in [6.07, 6.45) is 11.1. The summed E-state index contributed by atoms with van der Waals surface area (Å²) in [4.78, 5) is 9.26. The average Bonchev–Trinajstić information content (AvgIpc) is 2.45. The second-order valence-corrected chi connectivity index (χ2v) is 6.72. The van der Waals surface area contributed by atoms with Crippen LogP contribution in [0.3, 0.4) is 0 Å². The summed E-state index contributed by atoms with van der Waals surface area (Å²) in [6, 6.07) is 0. The van der Waals surface area contributed by atoms with Crippen molar-refractivity contribution in [3.8, 4) is 0 Å². The number of hydrogen-bond donors (Lipinski definition) is 0. The predicted molar refractivity (Wildman–Crippen MR) is 97.4 cm³/mol. The van der Waals surface area contributed by atoms with E-state index >= 15 is 0 Å². The summed E-state index contributed by atoms with van der Waals surface area (Å²) in [7, 11) is 0. The van der Waals surface area contributed by atoms with Gasteiger partial charge in [0, 0.05) is 5.12 Å². The van der Waals surface area contributed by atoms with E-state index in [1.165, 1.54) is 89.0 Å². The SMILES string of the molecule is CC(=O)[S-].CCCC[N+](CCCC)(CCCC)CCCC.[Cl-].[K+]. The number of hydrogen-bond acceptors (Lipinski definition) is 2. The van der Waals surface area contributed by atoms with E-state index in [4.69, 9.17) is 0 Å². The fourth-order valence-electron chi connectivity index (χ4n) is 2.64. The Morgan fingerprint density at radius 2 is 0.913 bits per heavy atom. The number of rotatable bonds is 12. The Labute approximate surface area is 200 Å². The molecule has 0 spiro atoms. The van der Waals surface area contributed by atoms with Gasteiger partial charge in [-0.15, -0.1) is 0 Å². The van der Waals surface area contributed by atoms with E-state index in [0.29, 0.717) is 0 Å². The van der Waals surface area contributed by atoms with Gasteiger partial charge in [0.25, 0.3) is 0 Å². The normalized spacial score (nSPS) is 9.96. The van der Waals surface area contributed by atoms with Gasteiger partial charge in [0.1, 0.15) is 0 Å². The summed E-state index contributed by atoms with van der Waals surface area (Å²) in [5.74, 6) is 0. The molecule has 136 valence electrons. The zero-order chi connectivity index (χ0) is 16.6. The molecule has 0 fully saturated rings. The minimum atomic E-state index is -0.250. The van der Waals surface area contributed by atoms with Gasteiger partial charge >= 0.3 is 51.4 Å². The third kappa shape index (κ3) is 23.8. The molecule has 0 unspecified atom stereocenters. The van der Waals surface area contributed by atoms with Gasteiger partial charge in [-0.2, -0.15) is 0 Å². The van der Waals surface area contributed by atoms with Crippen LogP contribution in [-0.2, 0) is 17.4 Å². The first-order chi connectivity index (χ1) is 9.97. The molecule has 0 saturated heterocycles. The Morgan fingerprint density at radius 1 is 0.739 bits per heavy atom. The van der Waals surface area contributed by atoms with Gasteiger partial charge < -0.3 is 34.3 Å². The van der Waals surface area contributed by atoms with Crippen LogP contribution in [0.5, 0.6) is 0 Å². The smallest absolute Gasteiger partial charge is 1.00 e. The minimum Gasteiger partial charge on any atom is -1.00 e. The molecule has 0 N–H and O–H groups in total. The number of nitrogens with zero attached hydrogens (tertiary/aromatic N) is 1. The zero-order valence-electron chi connectivity index (χ0n) is 16.6. The van der Waals surface area contributed by atoms with E-state index < -0.39 is 0 Å². The molecule has 0 amide bonds. The molecule has 0 rings (SSSR count). The van der Waals surface area contributed by atoms with Crippen LogP contribution in [0, 0.1) is 0 Å². The molecule has 0 aromatic carbocycles. The van der Waals surface area contributed by atoms with Crippen molar-refractivity contribution in [2.24, 2.45) is 0 Å². The van der Waals surface area contributed by atoms with Gasteiger partial charge in [-0.05, 0) is 32.6 Å². The first kappa shape index (κ1) is 32.4. The fraction of sp³-hybridized carbons (Fsp3) is 0.944. The number of carbonyl (C=O) groups is 1. The van der Waals surface area contributed by atoms with Crippen molar-refractivity contribution in [3.63, 3.8) is 0 Å². The first-order valence-corrected chi connectivity index (χ1v) is 9.41. The average molecular weight is 392 g/mol. The van der Waals surface area contributed by atoms with Gasteiger partial charge in [-0.3, -0.25) is 0 Å². The second kappa shape index (κ2) is 23.8. The second-order valence-electron chi connectivity index (χ2n) is 6.14. The number of carbonyl (C=O) groups excluding carboxylic acids is 1. The van der Waals surface area contributed by atoms with E-state index in [2.05, 4.69) is 40.3 Å². The van der Waals surface area contributed by atoms with E-state index in [0.717, 1.165) is 0 Å². The summed E-state index contributed by atoms with van der Waals surface area (Å²) in [6.45, 7) is 16.4. The van der Waals surface area contributed by atoms with E-state index in [1.54, 1.807) is 0 Å². The number of unbranched alkanes of at least 4 members (excludes halogenated alkanes) is 4. The molecule has 0 aliphatic heterocycles. The Bertz CT molecular complexity index is 202. The van der Waals surface area contributed by atoms with Crippen molar-refractivity contribution in [2.45, 2.75) is 86.0 Å². The molecule has 0 radical (unpaired) electrons. The molecule has 0 aliphatic carbocycles. The van der Waals surface area contributed by atoms with E-state index in [9.17, 15) is 4.79 Å². The van der Waals surface area contributed by atoms with Gasteiger partial charge in [0.15, 0.2) is 0 Å². The molecule has 0 aromatic heterocycles. The van der Waals surface area contributed by atoms with Crippen molar-refractivity contribution in [2.75, 3.05) is 26.2 Å². The van der Waals surface area contributed by atoms with Gasteiger partial charge in [-0.25, -0.2) is 0 Å². The largest absolute Gasteiger partial charge is 1.00 e. The predicted octanol–water partition coefficient (Wildman–Crippen LogP) is -0.909. The quantitative estimate of drug-likeness (QED) is 0.243. The van der Waals surface area contributed by atoms with Gasteiger partial charge in [-0.1, -0.05) is 53.4 Å². The topological polar surface area (TPSA) is 17.1 Å². The summed E-state index contributed by atoms with van der Waals surface area (Å²) < 4.78 is 1.42. The van der Waals surface area contributed by atoms with Crippen LogP contribution in [0.2, 0.25) is 0 Å². The van der Waals surface area contributed by atoms with Crippen molar-refractivity contribution < 1.29 is 73.1 Å². The van der Waals surface area contributed by atoms with Crippen molar-refractivity contribution in [1.29, 1.82) is 0 Å². The van der Waals surface area contributed by atoms with Crippen LogP contribution in [-0.4, -0.2) is 35.8 Å². The Hall–Kier alpha value is 1.78. The molecule has 0 aromatic rings. The Morgan fingerprint density at radius 3 is 1.04 bits per heavy atom. The molecule has 0 aliphatic rings. The Kier molecular flexibility index (Phi) is 33.5. The summed E-state index contributed by atoms with van der Waals surface area (Å²) in [5, 5.41) is -0.250.